The zero-order valence-corrected chi connectivity index (χ0v) is 12.6. The van der Waals surface area contributed by atoms with Crippen LogP contribution >= 0.6 is 0 Å². The fraction of sp³-hybridized carbons (Fsp3) is 0.167. The van der Waals surface area contributed by atoms with Gasteiger partial charge in [-0.2, -0.15) is 4.98 Å². The van der Waals surface area contributed by atoms with Gasteiger partial charge in [0.1, 0.15) is 5.69 Å². The number of para-hydroxylation sites is 2. The fourth-order valence-corrected chi connectivity index (χ4v) is 3.26. The summed E-state index contributed by atoms with van der Waals surface area (Å²) in [6, 6.07) is 15.1. The highest BCUT2D eigenvalue weighted by atomic mass is 16.2. The smallest absolute Gasteiger partial charge is 0.305 e. The van der Waals surface area contributed by atoms with Crippen molar-refractivity contribution < 1.29 is 4.79 Å². The van der Waals surface area contributed by atoms with Crippen LogP contribution in [0.5, 0.6) is 0 Å². The summed E-state index contributed by atoms with van der Waals surface area (Å²) in [7, 11) is 0. The lowest BCUT2D eigenvalue weighted by molar-refractivity contribution is 0.0978. The molecule has 0 fully saturated rings. The second-order valence-electron chi connectivity index (χ2n) is 5.79. The number of amides is 1. The molecular formula is C18H15N3O2. The van der Waals surface area contributed by atoms with Crippen molar-refractivity contribution in [1.82, 2.24) is 9.97 Å². The molecule has 1 N–H and O–H groups in total. The van der Waals surface area contributed by atoms with Crippen LogP contribution in [0, 0.1) is 0 Å². The maximum atomic E-state index is 13.1. The van der Waals surface area contributed by atoms with Crippen LogP contribution in [-0.4, -0.2) is 21.9 Å². The molecule has 2 aromatic carbocycles. The van der Waals surface area contributed by atoms with Crippen LogP contribution in [0.4, 0.5) is 5.69 Å². The van der Waals surface area contributed by atoms with Gasteiger partial charge in [0.2, 0.25) is 0 Å². The van der Waals surface area contributed by atoms with Crippen LogP contribution in [0.15, 0.2) is 53.3 Å². The molecule has 0 bridgehead atoms. The molecule has 1 aliphatic heterocycles. The molecule has 1 atom stereocenters. The molecule has 0 saturated heterocycles. The highest BCUT2D eigenvalue weighted by Crippen LogP contribution is 2.33. The van der Waals surface area contributed by atoms with Crippen molar-refractivity contribution in [3.8, 4) is 0 Å². The number of H-pyrrole nitrogens is 1. The van der Waals surface area contributed by atoms with Crippen molar-refractivity contribution in [3.05, 3.63) is 70.3 Å². The fourth-order valence-electron chi connectivity index (χ4n) is 3.26. The van der Waals surface area contributed by atoms with Gasteiger partial charge in [-0.15, -0.1) is 0 Å². The Morgan fingerprint density at radius 2 is 1.91 bits per heavy atom. The van der Waals surface area contributed by atoms with Crippen LogP contribution in [0.25, 0.3) is 10.9 Å². The maximum Gasteiger partial charge on any atom is 0.346 e. The number of nitrogens with one attached hydrogen (secondary N) is 1. The maximum absolute atomic E-state index is 13.1. The van der Waals surface area contributed by atoms with Crippen LogP contribution in [0.2, 0.25) is 0 Å². The minimum atomic E-state index is -0.507. The van der Waals surface area contributed by atoms with Gasteiger partial charge >= 0.3 is 5.69 Å². The first-order chi connectivity index (χ1) is 11.1. The molecule has 0 saturated carbocycles. The molecule has 2 heterocycles. The van der Waals surface area contributed by atoms with E-state index in [1.54, 1.807) is 17.0 Å². The molecule has 0 aliphatic carbocycles. The van der Waals surface area contributed by atoms with Gasteiger partial charge in [-0.3, -0.25) is 4.79 Å². The number of hydrogen-bond donors (Lipinski definition) is 1. The molecule has 1 amide bonds. The Morgan fingerprint density at radius 3 is 2.78 bits per heavy atom. The number of rotatable bonds is 1. The lowest BCUT2D eigenvalue weighted by Gasteiger charge is -2.22. The number of carbonyl (C=O) groups excluding carboxylic acids is 1. The quantitative estimate of drug-likeness (QED) is 0.751. The number of benzene rings is 2. The first-order valence-corrected chi connectivity index (χ1v) is 7.55. The SMILES string of the molecule is CC1Cc2ccccc2N1C(=O)c1nc(=O)[nH]c2ccccc12. The van der Waals surface area contributed by atoms with Crippen molar-refractivity contribution in [3.63, 3.8) is 0 Å². The largest absolute Gasteiger partial charge is 0.346 e. The van der Waals surface area contributed by atoms with Gasteiger partial charge in [0.05, 0.1) is 5.52 Å². The molecule has 23 heavy (non-hydrogen) atoms. The molecule has 1 unspecified atom stereocenters. The van der Waals surface area contributed by atoms with Gasteiger partial charge in [-0.1, -0.05) is 36.4 Å². The van der Waals surface area contributed by atoms with Crippen molar-refractivity contribution in [2.45, 2.75) is 19.4 Å². The van der Waals surface area contributed by atoms with Crippen molar-refractivity contribution in [2.24, 2.45) is 0 Å². The third-order valence-electron chi connectivity index (χ3n) is 4.27. The second-order valence-corrected chi connectivity index (χ2v) is 5.79. The molecule has 4 rings (SSSR count). The Kier molecular flexibility index (Phi) is 3.01. The first kappa shape index (κ1) is 13.7. The molecular weight excluding hydrogens is 290 g/mol. The number of carbonyl (C=O) groups is 1. The Bertz CT molecular complexity index is 977. The lowest BCUT2D eigenvalue weighted by Crippen LogP contribution is -2.37. The molecule has 5 nitrogen and oxygen atoms in total. The summed E-state index contributed by atoms with van der Waals surface area (Å²) >= 11 is 0. The number of fused-ring (bicyclic) bond motifs is 2. The van der Waals surface area contributed by atoms with E-state index in [0.29, 0.717) is 10.9 Å². The average molecular weight is 305 g/mol. The Balaban J connectivity index is 1.89. The van der Waals surface area contributed by atoms with E-state index in [1.807, 2.05) is 43.3 Å². The van der Waals surface area contributed by atoms with E-state index in [-0.39, 0.29) is 17.6 Å². The van der Waals surface area contributed by atoms with Gasteiger partial charge in [0, 0.05) is 17.1 Å². The second kappa shape index (κ2) is 5.05. The predicted octanol–water partition coefficient (Wildman–Crippen LogP) is 2.51. The molecule has 3 aromatic rings. The summed E-state index contributed by atoms with van der Waals surface area (Å²) < 4.78 is 0. The minimum Gasteiger partial charge on any atom is -0.305 e. The van der Waals surface area contributed by atoms with E-state index in [2.05, 4.69) is 9.97 Å². The Labute approximate surface area is 132 Å². The van der Waals surface area contributed by atoms with Gasteiger partial charge in [-0.25, -0.2) is 4.79 Å². The van der Waals surface area contributed by atoms with E-state index in [4.69, 9.17) is 0 Å². The third-order valence-corrected chi connectivity index (χ3v) is 4.27. The first-order valence-electron chi connectivity index (χ1n) is 7.55. The molecule has 114 valence electrons. The standard InChI is InChI=1S/C18H15N3O2/c1-11-10-12-6-2-5-9-15(12)21(11)17(22)16-13-7-3-4-8-14(13)19-18(23)20-16/h2-9,11H,10H2,1H3,(H,19,20,23). The number of anilines is 1. The van der Waals surface area contributed by atoms with Crippen molar-refractivity contribution in [1.29, 1.82) is 0 Å². The summed E-state index contributed by atoms with van der Waals surface area (Å²) in [6.07, 6.45) is 0.809. The van der Waals surface area contributed by atoms with E-state index < -0.39 is 5.69 Å². The normalized spacial score (nSPS) is 16.6. The third kappa shape index (κ3) is 2.12. The summed E-state index contributed by atoms with van der Waals surface area (Å²) in [4.78, 5) is 33.3. The van der Waals surface area contributed by atoms with E-state index >= 15 is 0 Å². The van der Waals surface area contributed by atoms with Crippen LogP contribution < -0.4 is 10.6 Å². The zero-order valence-electron chi connectivity index (χ0n) is 12.6. The van der Waals surface area contributed by atoms with E-state index in [0.717, 1.165) is 17.7 Å². The van der Waals surface area contributed by atoms with Gasteiger partial charge < -0.3 is 9.88 Å². The average Bonchev–Trinajstić information content (AvgIpc) is 2.89. The highest BCUT2D eigenvalue weighted by Gasteiger charge is 2.32. The zero-order chi connectivity index (χ0) is 16.0. The monoisotopic (exact) mass is 305 g/mol. The summed E-state index contributed by atoms with van der Waals surface area (Å²) in [5, 5.41) is 0.661. The lowest BCUT2D eigenvalue weighted by atomic mass is 10.1. The molecule has 1 aliphatic rings. The van der Waals surface area contributed by atoms with Crippen molar-refractivity contribution in [2.75, 3.05) is 4.90 Å². The van der Waals surface area contributed by atoms with Gasteiger partial charge in [-0.05, 0) is 31.0 Å². The van der Waals surface area contributed by atoms with Crippen LogP contribution in [0.1, 0.15) is 23.0 Å². The summed E-state index contributed by atoms with van der Waals surface area (Å²) in [5.74, 6) is -0.232. The number of nitrogens with zero attached hydrogens (tertiary/aromatic N) is 2. The van der Waals surface area contributed by atoms with E-state index in [1.165, 1.54) is 0 Å². The molecule has 5 heteroatoms. The minimum absolute atomic E-state index is 0.0414. The van der Waals surface area contributed by atoms with Gasteiger partial charge in [0.15, 0.2) is 0 Å². The predicted molar refractivity (Wildman–Crippen MR) is 88.8 cm³/mol. The number of aromatic nitrogens is 2. The van der Waals surface area contributed by atoms with Crippen LogP contribution in [-0.2, 0) is 6.42 Å². The molecule has 1 aromatic heterocycles. The topological polar surface area (TPSA) is 66.1 Å². The van der Waals surface area contributed by atoms with Gasteiger partial charge in [0.25, 0.3) is 5.91 Å². The van der Waals surface area contributed by atoms with Crippen molar-refractivity contribution >= 4 is 22.5 Å². The van der Waals surface area contributed by atoms with E-state index in [9.17, 15) is 9.59 Å². The molecule has 0 radical (unpaired) electrons. The summed E-state index contributed by atoms with van der Waals surface area (Å²) in [5.41, 5.74) is 2.36. The highest BCUT2D eigenvalue weighted by molar-refractivity contribution is 6.13. The number of aromatic amines is 1. The Hall–Kier alpha value is -2.95. The number of hydrogen-bond acceptors (Lipinski definition) is 3. The molecule has 0 spiro atoms. The van der Waals surface area contributed by atoms with Crippen LogP contribution in [0.3, 0.4) is 0 Å². The Morgan fingerprint density at radius 1 is 1.17 bits per heavy atom. The summed E-state index contributed by atoms with van der Waals surface area (Å²) in [6.45, 7) is 2.01.